The van der Waals surface area contributed by atoms with Crippen molar-refractivity contribution in [2.75, 3.05) is 33.4 Å². The predicted octanol–water partition coefficient (Wildman–Crippen LogP) is 1.59. The first-order valence-electron chi connectivity index (χ1n) is 8.40. The predicted molar refractivity (Wildman–Crippen MR) is 90.6 cm³/mol. The molecule has 132 valence electrons. The Hall–Kier alpha value is -2.08. The van der Waals surface area contributed by atoms with Gasteiger partial charge in [-0.1, -0.05) is 12.1 Å². The van der Waals surface area contributed by atoms with E-state index in [1.165, 1.54) is 0 Å². The van der Waals surface area contributed by atoms with Crippen molar-refractivity contribution in [1.29, 1.82) is 0 Å². The van der Waals surface area contributed by atoms with Crippen molar-refractivity contribution in [3.8, 4) is 5.75 Å². The molecule has 0 bridgehead atoms. The number of nitrogens with one attached hydrogen (secondary N) is 1. The number of likely N-dealkylation sites (tertiary alicyclic amines) is 1. The smallest absolute Gasteiger partial charge is 0.225 e. The first kappa shape index (κ1) is 18.3. The van der Waals surface area contributed by atoms with Gasteiger partial charge in [0.1, 0.15) is 5.75 Å². The molecule has 1 unspecified atom stereocenters. The zero-order valence-corrected chi connectivity index (χ0v) is 14.4. The van der Waals surface area contributed by atoms with Crippen molar-refractivity contribution >= 4 is 11.8 Å². The topological polar surface area (TPSA) is 67.9 Å². The fourth-order valence-electron chi connectivity index (χ4n) is 2.73. The molecule has 1 aliphatic heterocycles. The average molecular weight is 334 g/mol. The number of carbonyl (C=O) groups excluding carboxylic acids is 2. The van der Waals surface area contributed by atoms with Crippen molar-refractivity contribution < 1.29 is 19.1 Å². The monoisotopic (exact) mass is 334 g/mol. The molecule has 1 aromatic rings. The van der Waals surface area contributed by atoms with E-state index in [0.717, 1.165) is 17.7 Å². The Labute approximate surface area is 143 Å². The number of carbonyl (C=O) groups is 2. The third-order valence-electron chi connectivity index (χ3n) is 4.09. The summed E-state index contributed by atoms with van der Waals surface area (Å²) in [4.78, 5) is 26.0. The number of ether oxygens (including phenoxy) is 2. The second-order valence-electron chi connectivity index (χ2n) is 5.86. The van der Waals surface area contributed by atoms with Gasteiger partial charge in [-0.25, -0.2) is 0 Å². The number of hydrogen-bond acceptors (Lipinski definition) is 4. The van der Waals surface area contributed by atoms with Crippen LogP contribution in [0.15, 0.2) is 24.3 Å². The Balaban J connectivity index is 1.78. The number of rotatable bonds is 9. The fourth-order valence-corrected chi connectivity index (χ4v) is 2.73. The highest BCUT2D eigenvalue weighted by atomic mass is 16.5. The quantitative estimate of drug-likeness (QED) is 0.696. The molecule has 2 rings (SSSR count). The average Bonchev–Trinajstić information content (AvgIpc) is 2.96. The SMILES string of the molecule is CCOCCCNC(=O)C1CC(=O)N(Cc2ccc(OC)cc2)C1. The summed E-state index contributed by atoms with van der Waals surface area (Å²) in [6.07, 6.45) is 1.07. The molecular weight excluding hydrogens is 308 g/mol. The summed E-state index contributed by atoms with van der Waals surface area (Å²) in [5.41, 5.74) is 1.03. The van der Waals surface area contributed by atoms with Crippen LogP contribution in [0.5, 0.6) is 5.75 Å². The molecule has 6 heteroatoms. The van der Waals surface area contributed by atoms with Crippen LogP contribution in [0.3, 0.4) is 0 Å². The molecule has 1 atom stereocenters. The van der Waals surface area contributed by atoms with E-state index >= 15 is 0 Å². The van der Waals surface area contributed by atoms with E-state index in [9.17, 15) is 9.59 Å². The standard InChI is InChI=1S/C18H26N2O4/c1-3-24-10-4-9-19-18(22)15-11-17(21)20(13-15)12-14-5-7-16(23-2)8-6-14/h5-8,15H,3-4,9-13H2,1-2H3,(H,19,22). The molecule has 1 aromatic carbocycles. The van der Waals surface area contributed by atoms with Crippen LogP contribution in [0.4, 0.5) is 0 Å². The van der Waals surface area contributed by atoms with Gasteiger partial charge in [-0.05, 0) is 31.0 Å². The summed E-state index contributed by atoms with van der Waals surface area (Å²) in [5, 5.41) is 2.89. The maximum atomic E-state index is 12.2. The lowest BCUT2D eigenvalue weighted by molar-refractivity contribution is -0.129. The number of nitrogens with zero attached hydrogens (tertiary/aromatic N) is 1. The molecule has 1 aliphatic rings. The van der Waals surface area contributed by atoms with E-state index in [1.54, 1.807) is 12.0 Å². The summed E-state index contributed by atoms with van der Waals surface area (Å²) < 4.78 is 10.4. The Kier molecular flexibility index (Phi) is 7.06. The van der Waals surface area contributed by atoms with Crippen LogP contribution in [-0.4, -0.2) is 50.1 Å². The van der Waals surface area contributed by atoms with Gasteiger partial charge in [0, 0.05) is 39.3 Å². The van der Waals surface area contributed by atoms with Crippen LogP contribution < -0.4 is 10.1 Å². The molecule has 24 heavy (non-hydrogen) atoms. The highest BCUT2D eigenvalue weighted by Gasteiger charge is 2.33. The molecule has 6 nitrogen and oxygen atoms in total. The molecule has 2 amide bonds. The van der Waals surface area contributed by atoms with Crippen LogP contribution in [-0.2, 0) is 20.9 Å². The minimum Gasteiger partial charge on any atom is -0.497 e. The summed E-state index contributed by atoms with van der Waals surface area (Å²) in [5.74, 6) is 0.510. The normalized spacial score (nSPS) is 17.2. The fraction of sp³-hybridized carbons (Fsp3) is 0.556. The van der Waals surface area contributed by atoms with Crippen LogP contribution in [0, 0.1) is 5.92 Å². The molecule has 0 radical (unpaired) electrons. The van der Waals surface area contributed by atoms with E-state index in [4.69, 9.17) is 9.47 Å². The van der Waals surface area contributed by atoms with Crippen molar-refractivity contribution in [3.63, 3.8) is 0 Å². The minimum absolute atomic E-state index is 0.0280. The Morgan fingerprint density at radius 3 is 2.75 bits per heavy atom. The summed E-state index contributed by atoms with van der Waals surface area (Å²) >= 11 is 0. The van der Waals surface area contributed by atoms with Gasteiger partial charge in [0.2, 0.25) is 11.8 Å². The van der Waals surface area contributed by atoms with E-state index in [0.29, 0.717) is 32.8 Å². The lowest BCUT2D eigenvalue weighted by Gasteiger charge is -2.17. The van der Waals surface area contributed by atoms with Crippen molar-refractivity contribution in [2.45, 2.75) is 26.3 Å². The highest BCUT2D eigenvalue weighted by molar-refractivity contribution is 5.89. The van der Waals surface area contributed by atoms with E-state index < -0.39 is 0 Å². The Bertz CT molecular complexity index is 544. The van der Waals surface area contributed by atoms with E-state index in [1.807, 2.05) is 31.2 Å². The van der Waals surface area contributed by atoms with E-state index in [2.05, 4.69) is 5.32 Å². The molecule has 0 saturated carbocycles. The number of benzene rings is 1. The van der Waals surface area contributed by atoms with Gasteiger partial charge in [-0.3, -0.25) is 9.59 Å². The molecule has 0 spiro atoms. The first-order valence-corrected chi connectivity index (χ1v) is 8.40. The molecule has 1 N–H and O–H groups in total. The van der Waals surface area contributed by atoms with Crippen molar-refractivity contribution in [2.24, 2.45) is 5.92 Å². The Morgan fingerprint density at radius 1 is 1.33 bits per heavy atom. The molecule has 0 aromatic heterocycles. The van der Waals surface area contributed by atoms with Gasteiger partial charge in [0.15, 0.2) is 0 Å². The third kappa shape index (κ3) is 5.23. The van der Waals surface area contributed by atoms with Crippen LogP contribution in [0.2, 0.25) is 0 Å². The van der Waals surface area contributed by atoms with Crippen molar-refractivity contribution in [1.82, 2.24) is 10.2 Å². The van der Waals surface area contributed by atoms with Gasteiger partial charge < -0.3 is 19.7 Å². The number of amides is 2. The van der Waals surface area contributed by atoms with Crippen LogP contribution in [0.25, 0.3) is 0 Å². The molecule has 1 saturated heterocycles. The van der Waals surface area contributed by atoms with E-state index in [-0.39, 0.29) is 24.2 Å². The van der Waals surface area contributed by atoms with Gasteiger partial charge in [-0.2, -0.15) is 0 Å². The maximum absolute atomic E-state index is 12.2. The summed E-state index contributed by atoms with van der Waals surface area (Å²) in [6.45, 7) is 4.86. The van der Waals surface area contributed by atoms with Gasteiger partial charge in [-0.15, -0.1) is 0 Å². The van der Waals surface area contributed by atoms with Gasteiger partial charge >= 0.3 is 0 Å². The molecular formula is C18H26N2O4. The highest BCUT2D eigenvalue weighted by Crippen LogP contribution is 2.21. The molecule has 1 heterocycles. The number of methoxy groups -OCH3 is 1. The largest absolute Gasteiger partial charge is 0.497 e. The first-order chi connectivity index (χ1) is 11.6. The lowest BCUT2D eigenvalue weighted by Crippen LogP contribution is -2.33. The second kappa shape index (κ2) is 9.27. The lowest BCUT2D eigenvalue weighted by atomic mass is 10.1. The zero-order chi connectivity index (χ0) is 17.4. The third-order valence-corrected chi connectivity index (χ3v) is 4.09. The minimum atomic E-state index is -0.261. The second-order valence-corrected chi connectivity index (χ2v) is 5.86. The maximum Gasteiger partial charge on any atom is 0.225 e. The van der Waals surface area contributed by atoms with Crippen LogP contribution in [0.1, 0.15) is 25.3 Å². The molecule has 1 fully saturated rings. The molecule has 0 aliphatic carbocycles. The van der Waals surface area contributed by atoms with Gasteiger partial charge in [0.05, 0.1) is 13.0 Å². The summed E-state index contributed by atoms with van der Waals surface area (Å²) in [6, 6.07) is 7.62. The summed E-state index contributed by atoms with van der Waals surface area (Å²) in [7, 11) is 1.62. The van der Waals surface area contributed by atoms with Crippen LogP contribution >= 0.6 is 0 Å². The number of hydrogen-bond donors (Lipinski definition) is 1. The Morgan fingerprint density at radius 2 is 2.08 bits per heavy atom. The van der Waals surface area contributed by atoms with Crippen molar-refractivity contribution in [3.05, 3.63) is 29.8 Å². The zero-order valence-electron chi connectivity index (χ0n) is 14.4. The van der Waals surface area contributed by atoms with Gasteiger partial charge in [0.25, 0.3) is 0 Å².